The van der Waals surface area contributed by atoms with Gasteiger partial charge in [-0.05, 0) is 30.2 Å². The van der Waals surface area contributed by atoms with Crippen LogP contribution in [0.25, 0.3) is 0 Å². The van der Waals surface area contributed by atoms with Gasteiger partial charge in [0.05, 0.1) is 43.7 Å². The summed E-state index contributed by atoms with van der Waals surface area (Å²) in [5.41, 5.74) is 0.872. The molecule has 0 spiro atoms. The van der Waals surface area contributed by atoms with Crippen LogP contribution in [0.5, 0.6) is 0 Å². The van der Waals surface area contributed by atoms with E-state index in [0.29, 0.717) is 45.1 Å². The van der Waals surface area contributed by atoms with Gasteiger partial charge in [0.1, 0.15) is 12.1 Å². The van der Waals surface area contributed by atoms with Gasteiger partial charge in [0.2, 0.25) is 17.7 Å². The Kier molecular flexibility index (Phi) is 18.7. The van der Waals surface area contributed by atoms with Gasteiger partial charge in [-0.25, -0.2) is 14.6 Å². The quantitative estimate of drug-likeness (QED) is 0.127. The highest BCUT2D eigenvalue weighted by Gasteiger charge is 2.43. The van der Waals surface area contributed by atoms with Crippen molar-refractivity contribution in [1.29, 1.82) is 0 Å². The van der Waals surface area contributed by atoms with Gasteiger partial charge in [0.25, 0.3) is 0 Å². The van der Waals surface area contributed by atoms with Crippen molar-refractivity contribution in [3.05, 3.63) is 35.9 Å². The second kappa shape index (κ2) is 22.6. The van der Waals surface area contributed by atoms with Gasteiger partial charge in [0, 0.05) is 74.5 Å². The van der Waals surface area contributed by atoms with Crippen LogP contribution in [0.4, 0.5) is 4.79 Å². The molecule has 16 nitrogen and oxygen atoms in total. The van der Waals surface area contributed by atoms with Gasteiger partial charge in [-0.2, -0.15) is 0 Å². The highest BCUT2D eigenvalue weighted by atomic mass is 16.5. The smallest absolute Gasteiger partial charge is 0.407 e. The average molecular weight is 816 g/mol. The lowest BCUT2D eigenvalue weighted by atomic mass is 9.89. The van der Waals surface area contributed by atoms with Crippen molar-refractivity contribution in [3.8, 4) is 0 Å². The maximum absolute atomic E-state index is 14.5. The molecule has 1 aromatic rings. The number of carboxylic acid groups (broad SMARTS) is 1. The Morgan fingerprint density at radius 1 is 0.914 bits per heavy atom. The normalized spacial score (nSPS) is 19.8. The van der Waals surface area contributed by atoms with Crippen molar-refractivity contribution in [2.75, 3.05) is 75.2 Å². The number of ether oxygens (including phenoxy) is 3. The van der Waals surface area contributed by atoms with Crippen molar-refractivity contribution in [1.82, 2.24) is 29.8 Å². The Bertz CT molecular complexity index is 1540. The molecule has 2 aliphatic heterocycles. The van der Waals surface area contributed by atoms with Crippen LogP contribution in [0.1, 0.15) is 65.9 Å². The zero-order valence-electron chi connectivity index (χ0n) is 36.6. The fourth-order valence-corrected chi connectivity index (χ4v) is 8.19. The van der Waals surface area contributed by atoms with Gasteiger partial charge < -0.3 is 49.1 Å². The van der Waals surface area contributed by atoms with E-state index < -0.39 is 54.4 Å². The number of rotatable bonds is 18. The van der Waals surface area contributed by atoms with E-state index in [2.05, 4.69) is 5.32 Å². The van der Waals surface area contributed by atoms with Crippen molar-refractivity contribution in [3.63, 3.8) is 0 Å². The van der Waals surface area contributed by atoms with E-state index in [9.17, 15) is 29.1 Å². The minimum absolute atomic E-state index is 0.00451. The van der Waals surface area contributed by atoms with Crippen molar-refractivity contribution >= 4 is 35.7 Å². The third kappa shape index (κ3) is 12.3. The molecule has 0 aliphatic carbocycles. The summed E-state index contributed by atoms with van der Waals surface area (Å²) in [7, 11) is 9.85. The summed E-state index contributed by atoms with van der Waals surface area (Å²) in [5.74, 6) is -1.60. The second-order valence-corrected chi connectivity index (χ2v) is 16.1. The van der Waals surface area contributed by atoms with Crippen molar-refractivity contribution in [2.24, 2.45) is 22.7 Å². The molecule has 0 unspecified atom stereocenters. The molecule has 2 fully saturated rings. The summed E-state index contributed by atoms with van der Waals surface area (Å²) in [5, 5.41) is 12.3. The van der Waals surface area contributed by atoms with Crippen LogP contribution < -0.4 is 5.32 Å². The molecule has 0 aromatic heterocycles. The van der Waals surface area contributed by atoms with E-state index in [0.717, 1.165) is 18.4 Å². The number of amides is 4. The van der Waals surface area contributed by atoms with Gasteiger partial charge >= 0.3 is 12.1 Å². The monoisotopic (exact) mass is 816 g/mol. The van der Waals surface area contributed by atoms with Crippen LogP contribution in [-0.2, 0) is 39.8 Å². The highest BCUT2D eigenvalue weighted by molar-refractivity contribution is 5.88. The van der Waals surface area contributed by atoms with Gasteiger partial charge in [0.15, 0.2) is 5.96 Å². The lowest BCUT2D eigenvalue weighted by Crippen LogP contribution is -2.56. The van der Waals surface area contributed by atoms with Crippen LogP contribution in [0.15, 0.2) is 35.3 Å². The largest absolute Gasteiger partial charge is 0.467 e. The Balaban J connectivity index is 1.81. The summed E-state index contributed by atoms with van der Waals surface area (Å²) in [6.45, 7) is 11.8. The van der Waals surface area contributed by atoms with Crippen LogP contribution in [0.2, 0.25) is 0 Å². The Morgan fingerprint density at radius 3 is 2.05 bits per heavy atom. The Labute approximate surface area is 345 Å². The number of guanidine groups is 1. The molecule has 16 heteroatoms. The SMILES string of the molecule is CC[C@H](C)[C@@H]([C@H](CC(=O)N1CCC[C@H]1[C@H](OC)[C@@H](C)C(=O)N[C@@H](Cc1ccccc1)C(=O)OC)OC)N(C)C(=O)[C@@H](N=C(N(C)C)N1CCN(C(=O)O)CC1)C(C)C. The summed E-state index contributed by atoms with van der Waals surface area (Å²) in [6, 6.07) is 6.87. The summed E-state index contributed by atoms with van der Waals surface area (Å²) < 4.78 is 17.0. The van der Waals surface area contributed by atoms with Gasteiger partial charge in [-0.15, -0.1) is 0 Å². The number of nitrogens with one attached hydrogen (secondary N) is 1. The number of likely N-dealkylation sites (tertiary alicyclic amines) is 1. The molecule has 2 heterocycles. The minimum atomic E-state index is -0.955. The average Bonchev–Trinajstić information content (AvgIpc) is 3.70. The Hall–Kier alpha value is -4.44. The lowest BCUT2D eigenvalue weighted by molar-refractivity contribution is -0.148. The number of carbonyl (C=O) groups excluding carboxylic acids is 4. The summed E-state index contributed by atoms with van der Waals surface area (Å²) in [4.78, 5) is 80.5. The number of esters is 1. The predicted octanol–water partition coefficient (Wildman–Crippen LogP) is 3.05. The number of nitrogens with zero attached hydrogens (tertiary/aromatic N) is 6. The number of likely N-dealkylation sites (N-methyl/N-ethyl adjacent to an activating group) is 1. The molecule has 2 saturated heterocycles. The second-order valence-electron chi connectivity index (χ2n) is 16.1. The van der Waals surface area contributed by atoms with Crippen LogP contribution in [0.3, 0.4) is 0 Å². The number of aliphatic imine (C=N–C) groups is 1. The molecular weight excluding hydrogens is 747 g/mol. The number of hydrogen-bond donors (Lipinski definition) is 2. The number of piperazine rings is 1. The molecule has 0 radical (unpaired) electrons. The van der Waals surface area contributed by atoms with Crippen molar-refractivity contribution < 1.29 is 43.3 Å². The maximum atomic E-state index is 14.5. The van der Waals surface area contributed by atoms with E-state index in [1.54, 1.807) is 30.9 Å². The standard InChI is InChI=1S/C42H69N7O9/c1-12-28(4)36(46(8)39(52)35(27(2)3)44-41(45(6)7)47-21-23-48(24-22-47)42(54)55)33(56-9)26-34(50)49-20-16-19-32(49)37(57-10)29(5)38(51)43-31(40(53)58-11)25-30-17-14-13-15-18-30/h13-15,17-18,27-29,31-33,35-37H,12,16,19-26H2,1-11H3,(H,43,51)(H,54,55)/t28-,29+,31-,32-,33-,35-,36-,37+/m0/s1. The molecule has 4 amide bonds. The lowest BCUT2D eigenvalue weighted by Gasteiger charge is -2.41. The molecule has 326 valence electrons. The third-order valence-corrected chi connectivity index (χ3v) is 11.7. The molecule has 0 bridgehead atoms. The van der Waals surface area contributed by atoms with Gasteiger partial charge in [-0.3, -0.25) is 14.4 Å². The number of carbonyl (C=O) groups is 5. The first-order valence-electron chi connectivity index (χ1n) is 20.5. The van der Waals surface area contributed by atoms with E-state index in [1.807, 2.05) is 81.9 Å². The number of methoxy groups -OCH3 is 3. The van der Waals surface area contributed by atoms with E-state index >= 15 is 0 Å². The molecule has 1 aromatic carbocycles. The first kappa shape index (κ1) is 47.9. The fraction of sp³-hybridized carbons (Fsp3) is 0.714. The van der Waals surface area contributed by atoms with Crippen LogP contribution in [-0.4, -0.2) is 177 Å². The zero-order chi connectivity index (χ0) is 43.3. The summed E-state index contributed by atoms with van der Waals surface area (Å²) in [6.07, 6.45) is 0.0917. The molecule has 0 saturated carbocycles. The topological polar surface area (TPSA) is 174 Å². The molecular formula is C42H69N7O9. The van der Waals surface area contributed by atoms with E-state index in [1.165, 1.54) is 19.1 Å². The Morgan fingerprint density at radius 2 is 1.53 bits per heavy atom. The first-order chi connectivity index (χ1) is 27.5. The minimum Gasteiger partial charge on any atom is -0.467 e. The molecule has 8 atom stereocenters. The molecule has 58 heavy (non-hydrogen) atoms. The first-order valence-corrected chi connectivity index (χ1v) is 20.5. The van der Waals surface area contributed by atoms with Crippen LogP contribution >= 0.6 is 0 Å². The van der Waals surface area contributed by atoms with Gasteiger partial charge in [-0.1, -0.05) is 71.4 Å². The molecule has 3 rings (SSSR count). The third-order valence-electron chi connectivity index (χ3n) is 11.7. The number of benzene rings is 1. The highest BCUT2D eigenvalue weighted by Crippen LogP contribution is 2.30. The fourth-order valence-electron chi connectivity index (χ4n) is 8.19. The van der Waals surface area contributed by atoms with Crippen LogP contribution in [0, 0.1) is 17.8 Å². The van der Waals surface area contributed by atoms with E-state index in [4.69, 9.17) is 19.2 Å². The predicted molar refractivity (Wildman–Crippen MR) is 221 cm³/mol. The van der Waals surface area contributed by atoms with E-state index in [-0.39, 0.29) is 42.4 Å². The zero-order valence-corrected chi connectivity index (χ0v) is 36.6. The van der Waals surface area contributed by atoms with Crippen molar-refractivity contribution in [2.45, 2.75) is 103 Å². The molecule has 2 N–H and O–H groups in total. The number of hydrogen-bond acceptors (Lipinski definition) is 9. The molecule has 2 aliphatic rings. The maximum Gasteiger partial charge on any atom is 0.407 e. The summed E-state index contributed by atoms with van der Waals surface area (Å²) >= 11 is 0.